The second kappa shape index (κ2) is 31.7. The van der Waals surface area contributed by atoms with Gasteiger partial charge in [-0.05, 0) is 125 Å². The van der Waals surface area contributed by atoms with Crippen molar-refractivity contribution in [1.82, 2.24) is 79.8 Å². The van der Waals surface area contributed by atoms with Crippen molar-refractivity contribution in [3.05, 3.63) is 229 Å². The van der Waals surface area contributed by atoms with E-state index in [0.29, 0.717) is 46.2 Å². The minimum absolute atomic E-state index is 0. The first-order valence-corrected chi connectivity index (χ1v) is 34.4. The number of halogens is 6. The van der Waals surface area contributed by atoms with Gasteiger partial charge in [-0.2, -0.15) is 49.1 Å². The smallest absolute Gasteiger partial charge is 0.431 e. The number of benzene rings is 4. The Bertz CT molecular complexity index is 5720. The maximum Gasteiger partial charge on any atom is 0.431 e. The molecule has 0 aliphatic carbocycles. The second-order valence-corrected chi connectivity index (χ2v) is 28.7. The van der Waals surface area contributed by atoms with Crippen LogP contribution in [0.5, 0.6) is 0 Å². The van der Waals surface area contributed by atoms with Crippen LogP contribution in [0.15, 0.2) is 146 Å². The predicted molar refractivity (Wildman–Crippen MR) is 398 cm³/mol. The van der Waals surface area contributed by atoms with Crippen molar-refractivity contribution in [3.63, 3.8) is 0 Å². The predicted octanol–water partition coefficient (Wildman–Crippen LogP) is 15.0. The summed E-state index contributed by atoms with van der Waals surface area (Å²) in [6.07, 6.45) is 3.45. The Morgan fingerprint density at radius 3 is 1.51 bits per heavy atom. The van der Waals surface area contributed by atoms with E-state index in [2.05, 4.69) is 183 Å². The summed E-state index contributed by atoms with van der Waals surface area (Å²) in [6, 6.07) is 44.9. The SMILES string of the molecule is CC(C)[n+]1[c-]n(-c2cc(C(C)(C)C)cc(-c3cc(C(F)(F)F)n[n-]3)n2)c2ccccc21.C[n+]1[c-]n(-c2cc(C(C)(C)C)cc(-c3cc(C(F)(F)F)n[n-]3)n2)c2nccnc21.Cc1cc(-c2cc(C)n[n-]2)[c-]c(N2[CH-]N(C(C)C)c3ccccc32)c1.[2H]C([2H])([2H])N1[CH-]N(c2[c-]c(-c3cc(C)n[n-]3)cc(C)c2)c2nccnc21.[Ir].[Ir]. The van der Waals surface area contributed by atoms with Crippen molar-refractivity contribution in [3.8, 4) is 56.9 Å². The van der Waals surface area contributed by atoms with Crippen LogP contribution in [0.2, 0.25) is 0 Å². The monoisotopic (exact) mass is 1850 g/mol. The number of anilines is 6. The summed E-state index contributed by atoms with van der Waals surface area (Å²) in [6.45, 7) is 29.8. The maximum absolute atomic E-state index is 13.0. The summed E-state index contributed by atoms with van der Waals surface area (Å²) in [5.74, 6) is 1.75. The molecule has 12 heterocycles. The minimum atomic E-state index is -4.57. The molecular weight excluding hydrogens is 1770 g/mol. The second-order valence-electron chi connectivity index (χ2n) is 28.7. The van der Waals surface area contributed by atoms with E-state index < -0.39 is 30.7 Å². The minimum Gasteiger partial charge on any atom is -0.619 e. The van der Waals surface area contributed by atoms with Gasteiger partial charge in [0, 0.05) is 97.9 Å². The van der Waals surface area contributed by atoms with Gasteiger partial charge in [-0.1, -0.05) is 127 Å². The number of aromatic nitrogens is 18. The van der Waals surface area contributed by atoms with Crippen LogP contribution in [0.25, 0.3) is 79.3 Å². The fourth-order valence-corrected chi connectivity index (χ4v) is 12.0. The van der Waals surface area contributed by atoms with Crippen molar-refractivity contribution in [2.24, 2.45) is 7.05 Å². The van der Waals surface area contributed by atoms with E-state index in [-0.39, 0.29) is 80.0 Å². The molecule has 0 amide bonds. The molecular formula is C80H76F6Ir2N22-8. The van der Waals surface area contributed by atoms with E-state index in [9.17, 15) is 26.3 Å². The molecule has 0 atom stereocenters. The Kier molecular flexibility index (Phi) is 21.9. The van der Waals surface area contributed by atoms with Gasteiger partial charge in [-0.25, -0.2) is 21.4 Å². The molecule has 0 bridgehead atoms. The van der Waals surface area contributed by atoms with Crippen LogP contribution in [-0.4, -0.2) is 72.5 Å². The Hall–Kier alpha value is -10.8. The van der Waals surface area contributed by atoms with E-state index in [4.69, 9.17) is 4.11 Å². The molecule has 0 saturated carbocycles. The average molecular weight is 1850 g/mol. The number of alkyl halides is 6. The third-order valence-electron chi connectivity index (χ3n) is 17.5. The number of pyridine rings is 2. The number of rotatable bonds is 10. The summed E-state index contributed by atoms with van der Waals surface area (Å²) in [5.41, 5.74) is 14.3. The molecule has 0 unspecified atom stereocenters. The molecule has 10 aromatic heterocycles. The van der Waals surface area contributed by atoms with Gasteiger partial charge < -0.3 is 78.7 Å². The number of fused-ring (bicyclic) bond motifs is 4. The maximum atomic E-state index is 13.0. The van der Waals surface area contributed by atoms with E-state index in [1.807, 2.05) is 132 Å². The van der Waals surface area contributed by atoms with E-state index in [0.717, 1.165) is 84.3 Å². The summed E-state index contributed by atoms with van der Waals surface area (Å²) in [4.78, 5) is 33.6. The molecule has 22 nitrogen and oxygen atoms in total. The number of hydrogen-bond acceptors (Lipinski definition) is 14. The summed E-state index contributed by atoms with van der Waals surface area (Å²) < 4.78 is 108. The van der Waals surface area contributed by atoms with E-state index in [1.165, 1.54) is 36.0 Å². The molecule has 30 heteroatoms. The van der Waals surface area contributed by atoms with Crippen LogP contribution in [0.4, 0.5) is 60.7 Å². The number of nitrogens with zero attached hydrogens (tertiary/aromatic N) is 22. The van der Waals surface area contributed by atoms with Gasteiger partial charge in [0.15, 0.2) is 6.33 Å². The normalized spacial score (nSPS) is 13.4. The Balaban J connectivity index is 0.000000148. The topological polar surface area (TPSA) is 216 Å². The van der Waals surface area contributed by atoms with E-state index in [1.54, 1.807) is 45.6 Å². The van der Waals surface area contributed by atoms with Gasteiger partial charge >= 0.3 is 12.4 Å². The van der Waals surface area contributed by atoms with Gasteiger partial charge in [0.25, 0.3) is 0 Å². The third-order valence-corrected chi connectivity index (χ3v) is 17.5. The Labute approximate surface area is 664 Å². The molecule has 574 valence electrons. The number of imidazole rings is 2. The molecule has 0 saturated heterocycles. The molecule has 2 aliphatic heterocycles. The fourth-order valence-electron chi connectivity index (χ4n) is 12.0. The van der Waals surface area contributed by atoms with Crippen LogP contribution >= 0.6 is 0 Å². The van der Waals surface area contributed by atoms with Crippen molar-refractivity contribution in [2.45, 2.75) is 132 Å². The standard InChI is InChI=1S/C23H23F3N5.C21H21N4.C19H17F3N7.C17H15N6.2Ir/c1-14(2)30-13-31(19-9-7-6-8-18(19)30)21-11-15(22(3,4)5)10-16(27-21)17-12-20(29-28-17)23(24,25)26;1-14(2)24-13-25(21-8-6-5-7-20(21)24)18-10-15(3)9-17(12-18)19-11-16(4)22-23-19;1-18(2,3)11-7-12(13-9-14(27-26-13)19(20,21)22)25-15(8-11)29-10-28(4)16-17(29)24-6-5-23-16;1-11-6-13(15-8-12(2)20-21-15)9-14(7-11)23-10-22(3)16-17(23)19-5-4-18-16;;/h6-12,14H,1-5H3;5-11,13-14H,1-4H3;5-9H,1-4H3;4-8,10H,1-3H3;;/q-1;-3;-1;-3;;/i;;;3D3;;. The summed E-state index contributed by atoms with van der Waals surface area (Å²) >= 11 is 0. The zero-order valence-electron chi connectivity index (χ0n) is 65.4. The first-order chi connectivity index (χ1) is 52.3. The third kappa shape index (κ3) is 17.1. The molecule has 14 aromatic rings. The molecule has 0 spiro atoms. The first-order valence-electron chi connectivity index (χ1n) is 35.9. The molecule has 2 radical (unpaired) electrons. The number of para-hydroxylation sites is 4. The molecule has 0 fully saturated rings. The average Bonchev–Trinajstić information content (AvgIpc) is 1.64. The number of aryl methyl sites for hydroxylation is 5. The fraction of sp³-hybridized carbons (Fsp3) is 0.275. The van der Waals surface area contributed by atoms with Gasteiger partial charge in [-0.3, -0.25) is 15.0 Å². The van der Waals surface area contributed by atoms with Crippen LogP contribution in [0, 0.1) is 65.8 Å². The van der Waals surface area contributed by atoms with Gasteiger partial charge in [0.05, 0.1) is 23.3 Å². The van der Waals surface area contributed by atoms with Crippen molar-refractivity contribution >= 4 is 56.7 Å². The zero-order valence-corrected chi connectivity index (χ0v) is 67.2. The molecule has 110 heavy (non-hydrogen) atoms. The Morgan fingerprint density at radius 2 is 1.01 bits per heavy atom. The Morgan fingerprint density at radius 1 is 0.518 bits per heavy atom. The van der Waals surface area contributed by atoms with Crippen LogP contribution in [0.1, 0.15) is 124 Å². The first kappa shape index (κ1) is 76.0. The zero-order chi connectivity index (χ0) is 79.6. The van der Waals surface area contributed by atoms with Crippen LogP contribution < -0.4 is 49.1 Å². The quantitative estimate of drug-likeness (QED) is 0.0706. The molecule has 4 aromatic carbocycles. The van der Waals surface area contributed by atoms with Crippen molar-refractivity contribution in [2.75, 3.05) is 26.6 Å². The summed E-state index contributed by atoms with van der Waals surface area (Å²) in [7, 11) is 1.78. The number of hydrogen-bond donors (Lipinski definition) is 0. The van der Waals surface area contributed by atoms with Gasteiger partial charge in [0.1, 0.15) is 46.5 Å². The van der Waals surface area contributed by atoms with Crippen molar-refractivity contribution < 1.29 is 79.8 Å². The largest absolute Gasteiger partial charge is 0.619 e. The summed E-state index contributed by atoms with van der Waals surface area (Å²) in [5, 5.41) is 30.6. The van der Waals surface area contributed by atoms with Crippen LogP contribution in [0.3, 0.4) is 0 Å². The van der Waals surface area contributed by atoms with Gasteiger partial charge in [-0.15, -0.1) is 54.2 Å². The van der Waals surface area contributed by atoms with Gasteiger partial charge in [0.2, 0.25) is 12.0 Å². The van der Waals surface area contributed by atoms with Crippen molar-refractivity contribution in [1.29, 1.82) is 0 Å². The van der Waals surface area contributed by atoms with E-state index >= 15 is 0 Å². The molecule has 2 aliphatic rings. The molecule has 0 N–H and O–H groups in total. The molecule has 16 rings (SSSR count). The van der Waals surface area contributed by atoms with Crippen LogP contribution in [-0.2, 0) is 70.4 Å².